The Morgan fingerprint density at radius 3 is 2.68 bits per heavy atom. The molecule has 19 heavy (non-hydrogen) atoms. The highest BCUT2D eigenvalue weighted by Gasteiger charge is 2.01. The second-order valence-electron chi connectivity index (χ2n) is 4.04. The molecule has 0 saturated carbocycles. The topological polar surface area (TPSA) is 41.5 Å². The molecule has 0 saturated heterocycles. The van der Waals surface area contributed by atoms with Gasteiger partial charge in [-0.2, -0.15) is 5.10 Å². The zero-order chi connectivity index (χ0) is 13.7. The van der Waals surface area contributed by atoms with Crippen molar-refractivity contribution in [3.8, 4) is 0 Å². The monoisotopic (exact) mass is 292 g/mol. The van der Waals surface area contributed by atoms with Gasteiger partial charge in [-0.15, -0.1) is 11.3 Å². The number of halogens is 1. The van der Waals surface area contributed by atoms with Gasteiger partial charge in [0.2, 0.25) is 5.91 Å². The minimum atomic E-state index is -0.146. The van der Waals surface area contributed by atoms with E-state index in [2.05, 4.69) is 10.5 Å². The lowest BCUT2D eigenvalue weighted by Gasteiger charge is -2.00. The summed E-state index contributed by atoms with van der Waals surface area (Å²) in [6.07, 6.45) is 1.94. The molecule has 1 aromatic heterocycles. The largest absolute Gasteiger partial charge is 0.273 e. The first kappa shape index (κ1) is 13.8. The van der Waals surface area contributed by atoms with Gasteiger partial charge in [-0.3, -0.25) is 4.79 Å². The first-order valence-corrected chi connectivity index (χ1v) is 6.96. The lowest BCUT2D eigenvalue weighted by Crippen LogP contribution is -2.19. The molecule has 98 valence electrons. The SMILES string of the molecule is Cc1ccc(/C=N/NC(=O)Cc2ccc(Cl)cc2)s1. The second kappa shape index (κ2) is 6.50. The number of hydrazone groups is 1. The first-order valence-electron chi connectivity index (χ1n) is 5.76. The summed E-state index contributed by atoms with van der Waals surface area (Å²) in [4.78, 5) is 13.9. The quantitative estimate of drug-likeness (QED) is 0.681. The number of amides is 1. The third-order valence-corrected chi connectivity index (χ3v) is 3.61. The number of carbonyl (C=O) groups is 1. The molecule has 0 aliphatic rings. The van der Waals surface area contributed by atoms with Crippen LogP contribution in [0, 0.1) is 6.92 Å². The zero-order valence-electron chi connectivity index (χ0n) is 10.4. The Kier molecular flexibility index (Phi) is 4.71. The fourth-order valence-electron chi connectivity index (χ4n) is 1.52. The van der Waals surface area contributed by atoms with Gasteiger partial charge >= 0.3 is 0 Å². The molecule has 0 aliphatic heterocycles. The standard InChI is InChI=1S/C14H13ClN2OS/c1-10-2-7-13(19-10)9-16-17-14(18)8-11-3-5-12(15)6-4-11/h2-7,9H,8H2,1H3,(H,17,18)/b16-9+. The number of hydrogen-bond acceptors (Lipinski definition) is 3. The van der Waals surface area contributed by atoms with E-state index in [1.54, 1.807) is 29.7 Å². The molecule has 1 amide bonds. The summed E-state index contributed by atoms with van der Waals surface area (Å²) in [5, 5.41) is 4.59. The van der Waals surface area contributed by atoms with Gasteiger partial charge in [0.25, 0.3) is 0 Å². The van der Waals surface area contributed by atoms with Crippen molar-refractivity contribution in [1.29, 1.82) is 0 Å². The van der Waals surface area contributed by atoms with Gasteiger partial charge in [-0.1, -0.05) is 23.7 Å². The number of hydrogen-bond donors (Lipinski definition) is 1. The molecular formula is C14H13ClN2OS. The summed E-state index contributed by atoms with van der Waals surface area (Å²) in [7, 11) is 0. The molecule has 3 nitrogen and oxygen atoms in total. The van der Waals surface area contributed by atoms with Crippen molar-refractivity contribution in [1.82, 2.24) is 5.43 Å². The van der Waals surface area contributed by atoms with Crippen LogP contribution in [0.1, 0.15) is 15.3 Å². The van der Waals surface area contributed by atoms with Crippen molar-refractivity contribution in [3.05, 3.63) is 56.7 Å². The minimum absolute atomic E-state index is 0.146. The molecule has 1 N–H and O–H groups in total. The number of rotatable bonds is 4. The van der Waals surface area contributed by atoms with Crippen LogP contribution in [0.5, 0.6) is 0 Å². The average molecular weight is 293 g/mol. The third kappa shape index (κ3) is 4.50. The summed E-state index contributed by atoms with van der Waals surface area (Å²) >= 11 is 7.41. The summed E-state index contributed by atoms with van der Waals surface area (Å²) in [5.41, 5.74) is 3.41. The highest BCUT2D eigenvalue weighted by molar-refractivity contribution is 7.13. The Hall–Kier alpha value is -1.65. The predicted molar refractivity (Wildman–Crippen MR) is 79.9 cm³/mol. The summed E-state index contributed by atoms with van der Waals surface area (Å²) < 4.78 is 0. The van der Waals surface area contributed by atoms with E-state index in [1.807, 2.05) is 31.2 Å². The smallest absolute Gasteiger partial charge is 0.244 e. The summed E-state index contributed by atoms with van der Waals surface area (Å²) in [6.45, 7) is 2.03. The van der Waals surface area contributed by atoms with Crippen molar-refractivity contribution in [2.24, 2.45) is 5.10 Å². The molecule has 5 heteroatoms. The van der Waals surface area contributed by atoms with E-state index in [-0.39, 0.29) is 12.3 Å². The lowest BCUT2D eigenvalue weighted by atomic mass is 10.1. The van der Waals surface area contributed by atoms with Crippen molar-refractivity contribution in [3.63, 3.8) is 0 Å². The van der Waals surface area contributed by atoms with Gasteiger partial charge in [0.1, 0.15) is 0 Å². The van der Waals surface area contributed by atoms with Gasteiger partial charge in [0, 0.05) is 14.8 Å². The molecular weight excluding hydrogens is 280 g/mol. The number of nitrogens with one attached hydrogen (secondary N) is 1. The normalized spacial score (nSPS) is 10.8. The zero-order valence-corrected chi connectivity index (χ0v) is 12.0. The Labute approximate surface area is 120 Å². The second-order valence-corrected chi connectivity index (χ2v) is 5.80. The van der Waals surface area contributed by atoms with Crippen molar-refractivity contribution in [2.75, 3.05) is 0 Å². The minimum Gasteiger partial charge on any atom is -0.273 e. The van der Waals surface area contributed by atoms with E-state index in [1.165, 1.54) is 4.88 Å². The highest BCUT2D eigenvalue weighted by Crippen LogP contribution is 2.12. The fourth-order valence-corrected chi connectivity index (χ4v) is 2.39. The van der Waals surface area contributed by atoms with E-state index in [4.69, 9.17) is 11.6 Å². The van der Waals surface area contributed by atoms with Crippen LogP contribution in [0.15, 0.2) is 41.5 Å². The molecule has 2 aromatic rings. The Morgan fingerprint density at radius 1 is 1.32 bits per heavy atom. The molecule has 2 rings (SSSR count). The van der Waals surface area contributed by atoms with E-state index < -0.39 is 0 Å². The van der Waals surface area contributed by atoms with Crippen LogP contribution in [0.2, 0.25) is 5.02 Å². The van der Waals surface area contributed by atoms with Crippen LogP contribution < -0.4 is 5.43 Å². The van der Waals surface area contributed by atoms with Crippen LogP contribution in [0.25, 0.3) is 0 Å². The Balaban J connectivity index is 1.84. The average Bonchev–Trinajstić information content (AvgIpc) is 2.78. The van der Waals surface area contributed by atoms with Gasteiger partial charge in [-0.25, -0.2) is 5.43 Å². The lowest BCUT2D eigenvalue weighted by molar-refractivity contribution is -0.120. The number of nitrogens with zero attached hydrogens (tertiary/aromatic N) is 1. The molecule has 0 aliphatic carbocycles. The molecule has 1 aromatic carbocycles. The van der Waals surface area contributed by atoms with Gasteiger partial charge in [-0.05, 0) is 36.8 Å². The van der Waals surface area contributed by atoms with Crippen molar-refractivity contribution in [2.45, 2.75) is 13.3 Å². The number of thiophene rings is 1. The number of carbonyl (C=O) groups excluding carboxylic acids is 1. The third-order valence-electron chi connectivity index (χ3n) is 2.42. The molecule has 0 spiro atoms. The predicted octanol–water partition coefficient (Wildman–Crippen LogP) is 3.40. The maximum Gasteiger partial charge on any atom is 0.244 e. The molecule has 0 unspecified atom stereocenters. The Bertz CT molecular complexity index is 590. The van der Waals surface area contributed by atoms with Crippen LogP contribution in [-0.2, 0) is 11.2 Å². The van der Waals surface area contributed by atoms with Gasteiger partial charge < -0.3 is 0 Å². The molecule has 0 bridgehead atoms. The summed E-state index contributed by atoms with van der Waals surface area (Å²) in [6, 6.07) is 11.2. The van der Waals surface area contributed by atoms with Crippen LogP contribution >= 0.6 is 22.9 Å². The van der Waals surface area contributed by atoms with Crippen LogP contribution in [-0.4, -0.2) is 12.1 Å². The van der Waals surface area contributed by atoms with Gasteiger partial charge in [0.15, 0.2) is 0 Å². The maximum atomic E-state index is 11.6. The Morgan fingerprint density at radius 2 is 2.05 bits per heavy atom. The van der Waals surface area contributed by atoms with Crippen molar-refractivity contribution >= 4 is 35.1 Å². The molecule has 0 atom stereocenters. The highest BCUT2D eigenvalue weighted by atomic mass is 35.5. The number of benzene rings is 1. The van der Waals surface area contributed by atoms with E-state index in [0.717, 1.165) is 10.4 Å². The first-order chi connectivity index (χ1) is 9.13. The van der Waals surface area contributed by atoms with E-state index >= 15 is 0 Å². The van der Waals surface area contributed by atoms with E-state index in [9.17, 15) is 4.79 Å². The molecule has 0 fully saturated rings. The van der Waals surface area contributed by atoms with Crippen LogP contribution in [0.4, 0.5) is 0 Å². The van der Waals surface area contributed by atoms with E-state index in [0.29, 0.717) is 5.02 Å². The van der Waals surface area contributed by atoms with Gasteiger partial charge in [0.05, 0.1) is 12.6 Å². The van der Waals surface area contributed by atoms with Crippen LogP contribution in [0.3, 0.4) is 0 Å². The number of aryl methyl sites for hydroxylation is 1. The fraction of sp³-hybridized carbons (Fsp3) is 0.143. The maximum absolute atomic E-state index is 11.6. The molecule has 1 heterocycles. The molecule has 0 radical (unpaired) electrons. The van der Waals surface area contributed by atoms with Crippen molar-refractivity contribution < 1.29 is 4.79 Å². The summed E-state index contributed by atoms with van der Waals surface area (Å²) in [5.74, 6) is -0.146.